The average molecular weight is 352 g/mol. The van der Waals surface area contributed by atoms with Crippen LogP contribution in [-0.4, -0.2) is 30.3 Å². The van der Waals surface area contributed by atoms with E-state index in [1.807, 2.05) is 6.92 Å². The highest BCUT2D eigenvalue weighted by Crippen LogP contribution is 2.28. The molecule has 0 amide bonds. The first-order chi connectivity index (χ1) is 8.93. The van der Waals surface area contributed by atoms with Gasteiger partial charge in [-0.2, -0.15) is 0 Å². The molecule has 19 heavy (non-hydrogen) atoms. The fourth-order valence-electron chi connectivity index (χ4n) is 1.72. The first kappa shape index (κ1) is 16.7. The van der Waals surface area contributed by atoms with E-state index in [1.54, 1.807) is 0 Å². The minimum Gasteiger partial charge on any atom is -0.332 e. The number of sulfonamides is 1. The van der Waals surface area contributed by atoms with Gasteiger partial charge in [-0.25, -0.2) is 18.1 Å². The molecule has 1 heterocycles. The van der Waals surface area contributed by atoms with Gasteiger partial charge < -0.3 is 4.98 Å². The van der Waals surface area contributed by atoms with Crippen LogP contribution in [0.15, 0.2) is 11.2 Å². The zero-order chi connectivity index (χ0) is 14.5. The Morgan fingerprint density at radius 1 is 1.37 bits per heavy atom. The Balaban J connectivity index is 2.80. The third kappa shape index (κ3) is 4.03. The molecule has 0 saturated carbocycles. The molecule has 0 radical (unpaired) electrons. The van der Waals surface area contributed by atoms with Gasteiger partial charge in [0.1, 0.15) is 5.82 Å². The molecule has 7 heteroatoms. The number of aromatic nitrogens is 2. The number of imidazole rings is 1. The zero-order valence-electron chi connectivity index (χ0n) is 11.7. The molecular formula is C12H22BrN3O2S. The summed E-state index contributed by atoms with van der Waals surface area (Å²) in [6.07, 6.45) is 3.89. The molecular weight excluding hydrogens is 330 g/mol. The van der Waals surface area contributed by atoms with E-state index in [0.717, 1.165) is 18.2 Å². The van der Waals surface area contributed by atoms with E-state index in [1.165, 1.54) is 6.20 Å². The van der Waals surface area contributed by atoms with Gasteiger partial charge >= 0.3 is 0 Å². The van der Waals surface area contributed by atoms with Crippen LogP contribution < -0.4 is 4.72 Å². The molecule has 0 aliphatic carbocycles. The lowest BCUT2D eigenvalue weighted by atomic mass is 9.85. The maximum atomic E-state index is 12.2. The Morgan fingerprint density at radius 3 is 2.42 bits per heavy atom. The summed E-state index contributed by atoms with van der Waals surface area (Å²) in [5.74, 6) is 0.679. The molecule has 1 rings (SSSR count). The molecule has 0 aromatic carbocycles. The third-order valence-corrected chi connectivity index (χ3v) is 6.15. The lowest BCUT2D eigenvalue weighted by molar-refractivity contribution is 0.309. The van der Waals surface area contributed by atoms with E-state index in [2.05, 4.69) is 44.5 Å². The lowest BCUT2D eigenvalue weighted by Crippen LogP contribution is -2.38. The molecule has 0 aliphatic heterocycles. The minimum absolute atomic E-state index is 0.0410. The maximum absolute atomic E-state index is 12.2. The van der Waals surface area contributed by atoms with Crippen molar-refractivity contribution in [2.75, 3.05) is 11.9 Å². The van der Waals surface area contributed by atoms with Crippen molar-refractivity contribution in [3.63, 3.8) is 0 Å². The highest BCUT2D eigenvalue weighted by atomic mass is 79.9. The molecule has 0 bridgehead atoms. The number of aromatic amines is 1. The Kier molecular flexibility index (Phi) is 6.01. The van der Waals surface area contributed by atoms with E-state index in [-0.39, 0.29) is 10.4 Å². The zero-order valence-corrected chi connectivity index (χ0v) is 14.1. The Morgan fingerprint density at radius 2 is 2.00 bits per heavy atom. The fraction of sp³-hybridized carbons (Fsp3) is 0.750. The second-order valence-electron chi connectivity index (χ2n) is 4.71. The number of aryl methyl sites for hydroxylation is 1. The Hall–Kier alpha value is -0.400. The summed E-state index contributed by atoms with van der Waals surface area (Å²) in [4.78, 5) is 6.84. The van der Waals surface area contributed by atoms with Crippen LogP contribution in [0.5, 0.6) is 0 Å². The van der Waals surface area contributed by atoms with Crippen LogP contribution in [0.2, 0.25) is 0 Å². The van der Waals surface area contributed by atoms with Crippen molar-refractivity contribution in [3.05, 3.63) is 12.0 Å². The number of hydrogen-bond acceptors (Lipinski definition) is 3. The van der Waals surface area contributed by atoms with Crippen LogP contribution >= 0.6 is 15.9 Å². The summed E-state index contributed by atoms with van der Waals surface area (Å²) in [7, 11) is -3.50. The van der Waals surface area contributed by atoms with Crippen molar-refractivity contribution in [2.45, 2.75) is 45.1 Å². The largest absolute Gasteiger partial charge is 0.332 e. The number of hydrogen-bond donors (Lipinski definition) is 2. The van der Waals surface area contributed by atoms with Crippen LogP contribution in [0.4, 0.5) is 0 Å². The average Bonchev–Trinajstić information content (AvgIpc) is 2.90. The van der Waals surface area contributed by atoms with Gasteiger partial charge in [-0.3, -0.25) is 0 Å². The molecule has 0 aliphatic rings. The normalized spacial score (nSPS) is 12.8. The molecule has 0 fully saturated rings. The van der Waals surface area contributed by atoms with Gasteiger partial charge in [0.05, 0.1) is 6.20 Å². The van der Waals surface area contributed by atoms with Crippen LogP contribution in [-0.2, 0) is 16.4 Å². The Bertz CT molecular complexity index is 487. The maximum Gasteiger partial charge on any atom is 0.257 e. The fourth-order valence-corrected chi connectivity index (χ4v) is 3.81. The van der Waals surface area contributed by atoms with E-state index < -0.39 is 10.0 Å². The van der Waals surface area contributed by atoms with Crippen molar-refractivity contribution in [2.24, 2.45) is 5.41 Å². The van der Waals surface area contributed by atoms with Crippen molar-refractivity contribution in [1.29, 1.82) is 0 Å². The summed E-state index contributed by atoms with van der Waals surface area (Å²) in [5, 5.41) is 0.915. The number of alkyl halides is 1. The van der Waals surface area contributed by atoms with Gasteiger partial charge in [-0.1, -0.05) is 36.7 Å². The van der Waals surface area contributed by atoms with E-state index in [4.69, 9.17) is 0 Å². The van der Waals surface area contributed by atoms with Gasteiger partial charge in [0.15, 0.2) is 5.03 Å². The van der Waals surface area contributed by atoms with Crippen molar-refractivity contribution in [1.82, 2.24) is 14.7 Å². The number of rotatable bonds is 8. The van der Waals surface area contributed by atoms with Gasteiger partial charge in [0, 0.05) is 18.3 Å². The molecule has 0 spiro atoms. The van der Waals surface area contributed by atoms with Crippen LogP contribution in [0, 0.1) is 5.41 Å². The van der Waals surface area contributed by atoms with Crippen molar-refractivity contribution < 1.29 is 8.42 Å². The van der Waals surface area contributed by atoms with Gasteiger partial charge in [-0.15, -0.1) is 0 Å². The van der Waals surface area contributed by atoms with Crippen LogP contribution in [0.25, 0.3) is 0 Å². The smallest absolute Gasteiger partial charge is 0.257 e. The number of nitrogens with one attached hydrogen (secondary N) is 2. The Labute approximate surface area is 123 Å². The molecule has 1 aromatic heterocycles. The molecule has 0 unspecified atom stereocenters. The first-order valence-corrected chi connectivity index (χ1v) is 9.13. The van der Waals surface area contributed by atoms with Crippen LogP contribution in [0.1, 0.15) is 39.4 Å². The topological polar surface area (TPSA) is 74.8 Å². The summed E-state index contributed by atoms with van der Waals surface area (Å²) in [5.41, 5.74) is -0.0410. The molecule has 110 valence electrons. The highest BCUT2D eigenvalue weighted by molar-refractivity contribution is 9.09. The summed E-state index contributed by atoms with van der Waals surface area (Å²) in [6.45, 7) is 6.50. The molecule has 0 saturated heterocycles. The monoisotopic (exact) mass is 351 g/mol. The first-order valence-electron chi connectivity index (χ1n) is 6.52. The van der Waals surface area contributed by atoms with E-state index in [9.17, 15) is 8.42 Å². The SMILES string of the molecule is CCc1ncc(S(=O)(=O)NCC(CC)(CC)CBr)[nH]1. The van der Waals surface area contributed by atoms with E-state index >= 15 is 0 Å². The lowest BCUT2D eigenvalue weighted by Gasteiger charge is -2.29. The predicted molar refractivity (Wildman–Crippen MR) is 80.0 cm³/mol. The summed E-state index contributed by atoms with van der Waals surface area (Å²) < 4.78 is 27.0. The summed E-state index contributed by atoms with van der Waals surface area (Å²) >= 11 is 3.48. The van der Waals surface area contributed by atoms with Gasteiger partial charge in [0.2, 0.25) is 0 Å². The molecule has 2 N–H and O–H groups in total. The third-order valence-electron chi connectivity index (χ3n) is 3.65. The van der Waals surface area contributed by atoms with Gasteiger partial charge in [-0.05, 0) is 18.3 Å². The number of halogens is 1. The number of nitrogens with zero attached hydrogens (tertiary/aromatic N) is 1. The van der Waals surface area contributed by atoms with Crippen LogP contribution in [0.3, 0.4) is 0 Å². The number of H-pyrrole nitrogens is 1. The predicted octanol–water partition coefficient (Wildman–Crippen LogP) is 2.45. The quantitative estimate of drug-likeness (QED) is 0.706. The second kappa shape index (κ2) is 6.85. The molecule has 0 atom stereocenters. The van der Waals surface area contributed by atoms with Gasteiger partial charge in [0.25, 0.3) is 10.0 Å². The molecule has 1 aromatic rings. The highest BCUT2D eigenvalue weighted by Gasteiger charge is 2.28. The second-order valence-corrected chi connectivity index (χ2v) is 7.01. The molecule has 5 nitrogen and oxygen atoms in total. The minimum atomic E-state index is -3.50. The van der Waals surface area contributed by atoms with Crippen molar-refractivity contribution in [3.8, 4) is 0 Å². The van der Waals surface area contributed by atoms with E-state index in [0.29, 0.717) is 18.8 Å². The van der Waals surface area contributed by atoms with Crippen molar-refractivity contribution >= 4 is 26.0 Å². The summed E-state index contributed by atoms with van der Waals surface area (Å²) in [6, 6.07) is 0. The standard InChI is InChI=1S/C12H22BrN3O2S/c1-4-10-14-7-11(16-10)19(17,18)15-9-12(5-2,6-3)8-13/h7,15H,4-6,8-9H2,1-3H3,(H,14,16).